The number of thiophene rings is 1. The van der Waals surface area contributed by atoms with Crippen LogP contribution in [0.3, 0.4) is 0 Å². The van der Waals surface area contributed by atoms with Gasteiger partial charge in [-0.3, -0.25) is 14.7 Å². The summed E-state index contributed by atoms with van der Waals surface area (Å²) in [4.78, 5) is 40.2. The van der Waals surface area contributed by atoms with Crippen molar-refractivity contribution in [2.75, 3.05) is 24.5 Å². The molecule has 8 nitrogen and oxygen atoms in total. The van der Waals surface area contributed by atoms with Crippen LogP contribution in [0.4, 0.5) is 31.3 Å². The van der Waals surface area contributed by atoms with E-state index in [0.29, 0.717) is 6.42 Å². The predicted octanol–water partition coefficient (Wildman–Crippen LogP) is 4.35. The molecule has 2 saturated heterocycles. The van der Waals surface area contributed by atoms with Gasteiger partial charge in [0.15, 0.2) is 0 Å². The first-order valence-electron chi connectivity index (χ1n) is 10.6. The molecular formula is C22H23F6N3O5S. The molecule has 0 bridgehead atoms. The lowest BCUT2D eigenvalue weighted by molar-refractivity contribution is -0.193. The fraction of sp³-hybridized carbons (Fsp3) is 0.455. The summed E-state index contributed by atoms with van der Waals surface area (Å²) in [6, 6.07) is 8.29. The summed E-state index contributed by atoms with van der Waals surface area (Å²) in [5.41, 5.74) is 1.39. The molecule has 37 heavy (non-hydrogen) atoms. The number of aryl methyl sites for hydroxylation is 1. The molecule has 0 aliphatic carbocycles. The number of carbonyl (C=O) groups is 3. The maximum atomic E-state index is 12.5. The topological polar surface area (TPSA) is 111 Å². The van der Waals surface area contributed by atoms with E-state index in [9.17, 15) is 31.1 Å². The minimum Gasteiger partial charge on any atom is -0.475 e. The van der Waals surface area contributed by atoms with Gasteiger partial charge in [0.1, 0.15) is 0 Å². The quantitative estimate of drug-likeness (QED) is 0.542. The maximum absolute atomic E-state index is 12.5. The standard InChI is InChI=1S/C18H21N3OS.2C2HF3O2/c1-14-4-5-17(23-14)21-13-18(9-16(21)22)6-8-20(12-18)11-15-3-2-7-19-10-15;2*3-2(4,5)1(6)7/h2-5,7,10H,6,8-9,11-13H2,1H3;2*(H,6,7). The lowest BCUT2D eigenvalue weighted by Crippen LogP contribution is -2.30. The second-order valence-corrected chi connectivity index (χ2v) is 9.74. The summed E-state index contributed by atoms with van der Waals surface area (Å²) in [6.07, 6.45) is -4.62. The fourth-order valence-corrected chi connectivity index (χ4v) is 4.73. The molecule has 2 aromatic rings. The van der Waals surface area contributed by atoms with Crippen LogP contribution in [0.5, 0.6) is 0 Å². The number of halogens is 6. The Morgan fingerprint density at radius 3 is 2.11 bits per heavy atom. The molecule has 15 heteroatoms. The van der Waals surface area contributed by atoms with E-state index < -0.39 is 24.3 Å². The van der Waals surface area contributed by atoms with Crippen molar-refractivity contribution in [2.45, 2.75) is 38.7 Å². The Labute approximate surface area is 211 Å². The van der Waals surface area contributed by atoms with Crippen molar-refractivity contribution in [2.24, 2.45) is 5.41 Å². The number of carbonyl (C=O) groups excluding carboxylic acids is 1. The van der Waals surface area contributed by atoms with Crippen LogP contribution in [0.2, 0.25) is 0 Å². The Hall–Kier alpha value is -3.20. The minimum absolute atomic E-state index is 0.136. The number of amides is 1. The molecule has 1 amide bonds. The van der Waals surface area contributed by atoms with Gasteiger partial charge in [-0.25, -0.2) is 9.59 Å². The van der Waals surface area contributed by atoms with Gasteiger partial charge in [-0.05, 0) is 43.7 Å². The first kappa shape index (κ1) is 30.0. The van der Waals surface area contributed by atoms with Crippen molar-refractivity contribution >= 4 is 34.2 Å². The van der Waals surface area contributed by atoms with Crippen molar-refractivity contribution < 1.29 is 50.9 Å². The van der Waals surface area contributed by atoms with Gasteiger partial charge in [0, 0.05) is 48.7 Å². The van der Waals surface area contributed by atoms with Crippen LogP contribution in [0.1, 0.15) is 23.3 Å². The monoisotopic (exact) mass is 555 g/mol. The Bertz CT molecular complexity index is 1070. The molecule has 4 rings (SSSR count). The van der Waals surface area contributed by atoms with Gasteiger partial charge in [-0.15, -0.1) is 11.3 Å². The number of pyridine rings is 1. The number of likely N-dealkylation sites (tertiary alicyclic amines) is 1. The largest absolute Gasteiger partial charge is 0.490 e. The van der Waals surface area contributed by atoms with Crippen molar-refractivity contribution in [3.8, 4) is 0 Å². The molecule has 2 aliphatic rings. The van der Waals surface area contributed by atoms with Crippen LogP contribution in [-0.4, -0.2) is 69.9 Å². The minimum atomic E-state index is -5.08. The molecule has 2 N–H and O–H groups in total. The number of hydrogen-bond donors (Lipinski definition) is 2. The van der Waals surface area contributed by atoms with E-state index in [1.54, 1.807) is 11.3 Å². The highest BCUT2D eigenvalue weighted by Gasteiger charge is 2.48. The molecule has 1 unspecified atom stereocenters. The smallest absolute Gasteiger partial charge is 0.475 e. The lowest BCUT2D eigenvalue weighted by Gasteiger charge is -2.23. The molecule has 2 aliphatic heterocycles. The highest BCUT2D eigenvalue weighted by Crippen LogP contribution is 2.43. The number of nitrogens with zero attached hydrogens (tertiary/aromatic N) is 3. The van der Waals surface area contributed by atoms with Crippen molar-refractivity contribution in [1.82, 2.24) is 9.88 Å². The summed E-state index contributed by atoms with van der Waals surface area (Å²) < 4.78 is 63.5. The van der Waals surface area contributed by atoms with Gasteiger partial charge in [0.05, 0.1) is 5.00 Å². The van der Waals surface area contributed by atoms with E-state index in [1.807, 2.05) is 23.4 Å². The van der Waals surface area contributed by atoms with Gasteiger partial charge < -0.3 is 15.1 Å². The third-order valence-corrected chi connectivity index (χ3v) is 6.47. The molecule has 0 aromatic carbocycles. The van der Waals surface area contributed by atoms with Crippen LogP contribution in [0.25, 0.3) is 0 Å². The van der Waals surface area contributed by atoms with Gasteiger partial charge in [-0.2, -0.15) is 26.3 Å². The molecule has 2 fully saturated rings. The van der Waals surface area contributed by atoms with Crippen LogP contribution in [0.15, 0.2) is 36.7 Å². The van der Waals surface area contributed by atoms with E-state index in [0.717, 1.165) is 37.6 Å². The predicted molar refractivity (Wildman–Crippen MR) is 120 cm³/mol. The lowest BCUT2D eigenvalue weighted by atomic mass is 9.86. The first-order valence-corrected chi connectivity index (χ1v) is 11.4. The Kier molecular flexibility index (Phi) is 9.66. The molecule has 2 aromatic heterocycles. The number of rotatable bonds is 3. The zero-order valence-electron chi connectivity index (χ0n) is 19.3. The molecule has 1 spiro atoms. The van der Waals surface area contributed by atoms with Gasteiger partial charge in [0.25, 0.3) is 0 Å². The van der Waals surface area contributed by atoms with Crippen LogP contribution >= 0.6 is 11.3 Å². The van der Waals surface area contributed by atoms with Gasteiger partial charge in [0.2, 0.25) is 5.91 Å². The first-order chi connectivity index (χ1) is 17.0. The van der Waals surface area contributed by atoms with Crippen LogP contribution in [0, 0.1) is 12.3 Å². The average Bonchev–Trinajstić information content (AvgIpc) is 3.47. The Morgan fingerprint density at radius 2 is 1.65 bits per heavy atom. The highest BCUT2D eigenvalue weighted by atomic mass is 32.1. The number of alkyl halides is 6. The van der Waals surface area contributed by atoms with Crippen LogP contribution in [-0.2, 0) is 20.9 Å². The van der Waals surface area contributed by atoms with Gasteiger partial charge >= 0.3 is 24.3 Å². The zero-order valence-corrected chi connectivity index (χ0v) is 20.2. The Morgan fingerprint density at radius 1 is 1.05 bits per heavy atom. The van der Waals surface area contributed by atoms with E-state index in [1.165, 1.54) is 10.4 Å². The van der Waals surface area contributed by atoms with Crippen molar-refractivity contribution in [3.63, 3.8) is 0 Å². The summed E-state index contributed by atoms with van der Waals surface area (Å²) in [5.74, 6) is -5.23. The number of hydrogen-bond acceptors (Lipinski definition) is 6. The molecule has 0 radical (unpaired) electrons. The molecule has 0 saturated carbocycles. The maximum Gasteiger partial charge on any atom is 0.490 e. The number of carboxylic acids is 2. The normalized spacial score (nSPS) is 19.8. The van der Waals surface area contributed by atoms with E-state index in [2.05, 4.69) is 35.0 Å². The number of anilines is 1. The highest BCUT2D eigenvalue weighted by molar-refractivity contribution is 7.16. The summed E-state index contributed by atoms with van der Waals surface area (Å²) in [6.45, 7) is 5.97. The number of carboxylic acid groups (broad SMARTS) is 2. The summed E-state index contributed by atoms with van der Waals surface area (Å²) in [5, 5.41) is 15.4. The molecular weight excluding hydrogens is 532 g/mol. The fourth-order valence-electron chi connectivity index (χ4n) is 3.85. The summed E-state index contributed by atoms with van der Waals surface area (Å²) >= 11 is 1.72. The van der Waals surface area contributed by atoms with Crippen LogP contribution < -0.4 is 4.90 Å². The second kappa shape index (κ2) is 11.9. The second-order valence-electron chi connectivity index (χ2n) is 8.47. The number of aromatic nitrogens is 1. The molecule has 204 valence electrons. The van der Waals surface area contributed by atoms with Crippen molar-refractivity contribution in [1.29, 1.82) is 0 Å². The molecule has 4 heterocycles. The van der Waals surface area contributed by atoms with E-state index in [4.69, 9.17) is 19.8 Å². The molecule has 1 atom stereocenters. The third kappa shape index (κ3) is 9.00. The van der Waals surface area contributed by atoms with Crippen molar-refractivity contribution in [3.05, 3.63) is 47.1 Å². The summed E-state index contributed by atoms with van der Waals surface area (Å²) in [7, 11) is 0. The number of aliphatic carboxylic acids is 2. The average molecular weight is 555 g/mol. The SMILES string of the molecule is Cc1ccc(N2CC3(CCN(Cc4cccnc4)C3)CC2=O)s1.O=C(O)C(F)(F)F.O=C(O)C(F)(F)F. The van der Waals surface area contributed by atoms with E-state index >= 15 is 0 Å². The Balaban J connectivity index is 0.000000286. The van der Waals surface area contributed by atoms with E-state index in [-0.39, 0.29) is 11.3 Å². The van der Waals surface area contributed by atoms with Gasteiger partial charge in [-0.1, -0.05) is 6.07 Å². The zero-order chi connectivity index (χ0) is 28.0. The third-order valence-electron chi connectivity index (χ3n) is 5.44.